The summed E-state index contributed by atoms with van der Waals surface area (Å²) in [5.74, 6) is 3.77. The van der Waals surface area contributed by atoms with Crippen molar-refractivity contribution < 1.29 is 22.1 Å². The monoisotopic (exact) mass is 224 g/mol. The van der Waals surface area contributed by atoms with Gasteiger partial charge in [-0.25, -0.2) is 0 Å². The van der Waals surface area contributed by atoms with Crippen molar-refractivity contribution in [2.24, 2.45) is 5.92 Å². The molecule has 0 spiro atoms. The molecule has 0 aromatic carbocycles. The molecule has 1 atom stereocenters. The summed E-state index contributed by atoms with van der Waals surface area (Å²) in [5.41, 5.74) is 0. The van der Waals surface area contributed by atoms with Gasteiger partial charge in [-0.15, -0.1) is 0 Å². The molecule has 0 aliphatic carbocycles. The molecule has 1 unspecified atom stereocenters. The minimum absolute atomic E-state index is 0. The number of aliphatic hydroxyl groups is 1. The van der Waals surface area contributed by atoms with Crippen molar-refractivity contribution in [1.29, 1.82) is 0 Å². The van der Waals surface area contributed by atoms with Gasteiger partial charge >= 0.3 is 0 Å². The van der Waals surface area contributed by atoms with E-state index >= 15 is 0 Å². The first-order valence-electron chi connectivity index (χ1n) is 3.69. The summed E-state index contributed by atoms with van der Waals surface area (Å²) in [7, 11) is 0.652. The van der Waals surface area contributed by atoms with E-state index in [-0.39, 0.29) is 17.0 Å². The second-order valence-corrected chi connectivity index (χ2v) is 5.50. The van der Waals surface area contributed by atoms with Crippen molar-refractivity contribution in [1.82, 2.24) is 0 Å². The van der Waals surface area contributed by atoms with E-state index in [1.807, 2.05) is 0 Å². The molecule has 1 N–H and O–H groups in total. The highest BCUT2D eigenvalue weighted by atomic mass is 79.9. The summed E-state index contributed by atoms with van der Waals surface area (Å²) in [6.45, 7) is 0.466. The van der Waals surface area contributed by atoms with Crippen LogP contribution in [-0.2, 0) is 10.9 Å². The Morgan fingerprint density at radius 3 is 2.10 bits per heavy atom. The fourth-order valence-electron chi connectivity index (χ4n) is 2.05. The minimum atomic E-state index is 0. The number of hydrogen-bond acceptors (Lipinski definition) is 1. The maximum Gasteiger partial charge on any atom is 0.144 e. The van der Waals surface area contributed by atoms with Gasteiger partial charge < -0.3 is 22.1 Å². The molecular weight excluding hydrogens is 212 g/mol. The molecule has 0 aromatic heterocycles. The molecule has 0 saturated carbocycles. The van der Waals surface area contributed by atoms with Gasteiger partial charge in [-0.05, 0) is 23.7 Å². The highest BCUT2D eigenvalue weighted by Gasteiger charge is 2.49. The van der Waals surface area contributed by atoms with Crippen molar-refractivity contribution >= 4 is 10.9 Å². The molecule has 0 aromatic rings. The van der Waals surface area contributed by atoms with E-state index in [1.54, 1.807) is 0 Å². The van der Waals surface area contributed by atoms with Gasteiger partial charge in [-0.1, -0.05) is 0 Å². The minimum Gasteiger partial charge on any atom is -1.00 e. The average Bonchev–Trinajstić information content (AvgIpc) is 2.44. The van der Waals surface area contributed by atoms with E-state index in [9.17, 15) is 0 Å². The predicted octanol–water partition coefficient (Wildman–Crippen LogP) is -2.61. The predicted molar refractivity (Wildman–Crippen MR) is 40.7 cm³/mol. The second kappa shape index (κ2) is 3.46. The van der Waals surface area contributed by atoms with Crippen molar-refractivity contribution in [2.45, 2.75) is 18.1 Å². The molecule has 10 heavy (non-hydrogen) atoms. The molecule has 1 nitrogen and oxygen atoms in total. The smallest absolute Gasteiger partial charge is 0.144 e. The van der Waals surface area contributed by atoms with E-state index in [0.717, 1.165) is 11.2 Å². The van der Waals surface area contributed by atoms with Crippen molar-refractivity contribution in [3.05, 3.63) is 0 Å². The molecule has 60 valence electrons. The highest BCUT2D eigenvalue weighted by Crippen LogP contribution is 2.38. The van der Waals surface area contributed by atoms with Crippen LogP contribution in [0.5, 0.6) is 0 Å². The van der Waals surface area contributed by atoms with E-state index in [1.165, 1.54) is 24.3 Å². The normalized spacial score (nSPS) is 43.5. The Balaban J connectivity index is 0.000000500. The third kappa shape index (κ3) is 1.23. The Morgan fingerprint density at radius 2 is 1.90 bits per heavy atom. The highest BCUT2D eigenvalue weighted by molar-refractivity contribution is 7.98. The maximum atomic E-state index is 8.95. The molecule has 3 heteroatoms. The molecule has 2 heterocycles. The van der Waals surface area contributed by atoms with Crippen LogP contribution in [0.4, 0.5) is 0 Å². The van der Waals surface area contributed by atoms with Crippen molar-refractivity contribution in [3.63, 3.8) is 0 Å². The van der Waals surface area contributed by atoms with Crippen LogP contribution in [0, 0.1) is 5.92 Å². The summed E-state index contributed by atoms with van der Waals surface area (Å²) in [6, 6.07) is 0. The van der Waals surface area contributed by atoms with Crippen molar-refractivity contribution in [2.75, 3.05) is 18.1 Å². The zero-order valence-electron chi connectivity index (χ0n) is 5.92. The Hall–Kier alpha value is 0.790. The second-order valence-electron chi connectivity index (χ2n) is 3.00. The zero-order chi connectivity index (χ0) is 6.27. The SMILES string of the molecule is OCC1C2CC[S+]1CC2.[Br-]. The Labute approximate surface area is 75.3 Å². The summed E-state index contributed by atoms with van der Waals surface area (Å²) < 4.78 is 0. The van der Waals surface area contributed by atoms with Crippen LogP contribution in [0.15, 0.2) is 0 Å². The largest absolute Gasteiger partial charge is 1.00 e. The number of rotatable bonds is 1. The van der Waals surface area contributed by atoms with Crippen LogP contribution in [0.3, 0.4) is 0 Å². The van der Waals surface area contributed by atoms with Crippen LogP contribution in [-0.4, -0.2) is 28.5 Å². The summed E-state index contributed by atoms with van der Waals surface area (Å²) in [4.78, 5) is 0. The standard InChI is InChI=1S/C7H13OS.BrH/c8-5-7-6-1-3-9(7)4-2-6;/h6-8H,1-5H2;1H/q+1;/p-1. The first-order valence-corrected chi connectivity index (χ1v) is 5.31. The Morgan fingerprint density at radius 1 is 1.30 bits per heavy atom. The first-order chi connectivity index (χ1) is 4.42. The molecule has 2 saturated heterocycles. The number of aliphatic hydroxyl groups excluding tert-OH is 1. The third-order valence-corrected chi connectivity index (χ3v) is 5.55. The summed E-state index contributed by atoms with van der Waals surface area (Å²) in [5, 5.41) is 9.68. The van der Waals surface area contributed by atoms with Crippen LogP contribution >= 0.6 is 0 Å². The van der Waals surface area contributed by atoms with Gasteiger partial charge in [0.2, 0.25) is 0 Å². The van der Waals surface area contributed by atoms with Crippen LogP contribution in [0.25, 0.3) is 0 Å². The van der Waals surface area contributed by atoms with Crippen LogP contribution < -0.4 is 17.0 Å². The molecule has 2 rings (SSSR count). The first kappa shape index (κ1) is 8.88. The molecule has 0 radical (unpaired) electrons. The van der Waals surface area contributed by atoms with Gasteiger partial charge in [0.1, 0.15) is 16.8 Å². The molecule has 2 aliphatic heterocycles. The summed E-state index contributed by atoms with van der Waals surface area (Å²) in [6.07, 6.45) is 2.82. The topological polar surface area (TPSA) is 20.2 Å². The van der Waals surface area contributed by atoms with Gasteiger partial charge in [0.05, 0.1) is 6.61 Å². The fraction of sp³-hybridized carbons (Fsp3) is 1.00. The number of fused-ring (bicyclic) bond motifs is 2. The lowest BCUT2D eigenvalue weighted by Gasteiger charge is -2.01. The molecular formula is C7H13BrOS. The van der Waals surface area contributed by atoms with Crippen LogP contribution in [0.1, 0.15) is 12.8 Å². The number of hydrogen-bond donors (Lipinski definition) is 1. The van der Waals surface area contributed by atoms with Gasteiger partial charge in [0.25, 0.3) is 0 Å². The lowest BCUT2D eigenvalue weighted by Crippen LogP contribution is -3.00. The molecule has 0 amide bonds. The summed E-state index contributed by atoms with van der Waals surface area (Å²) >= 11 is 0. The van der Waals surface area contributed by atoms with Crippen LogP contribution in [0.2, 0.25) is 0 Å². The van der Waals surface area contributed by atoms with Gasteiger partial charge in [-0.2, -0.15) is 0 Å². The zero-order valence-corrected chi connectivity index (χ0v) is 8.33. The van der Waals surface area contributed by atoms with E-state index in [2.05, 4.69) is 0 Å². The fourth-order valence-corrected chi connectivity index (χ4v) is 5.10. The third-order valence-electron chi connectivity index (χ3n) is 2.64. The van der Waals surface area contributed by atoms with Crippen molar-refractivity contribution in [3.8, 4) is 0 Å². The van der Waals surface area contributed by atoms with Gasteiger partial charge in [-0.3, -0.25) is 0 Å². The Bertz CT molecular complexity index is 100. The molecule has 2 aliphatic rings. The van der Waals surface area contributed by atoms with Gasteiger partial charge in [0.15, 0.2) is 0 Å². The van der Waals surface area contributed by atoms with E-state index < -0.39 is 0 Å². The quantitative estimate of drug-likeness (QED) is 0.485. The van der Waals surface area contributed by atoms with E-state index in [4.69, 9.17) is 5.11 Å². The average molecular weight is 225 g/mol. The Kier molecular flexibility index (Phi) is 3.07. The lowest BCUT2D eigenvalue weighted by molar-refractivity contribution is -0.00000299. The number of halogens is 1. The molecule has 2 fully saturated rings. The lowest BCUT2D eigenvalue weighted by atomic mass is 10.0. The van der Waals surface area contributed by atoms with Gasteiger partial charge in [0, 0.05) is 5.92 Å². The maximum absolute atomic E-state index is 8.95. The molecule has 2 bridgehead atoms. The van der Waals surface area contributed by atoms with E-state index in [0.29, 0.717) is 17.5 Å².